The Morgan fingerprint density at radius 3 is 2.79 bits per heavy atom. The summed E-state index contributed by atoms with van der Waals surface area (Å²) in [5, 5.41) is 6.87. The van der Waals surface area contributed by atoms with E-state index in [-0.39, 0.29) is 5.76 Å². The number of carbonyl (C=O) groups excluding carboxylic acids is 1. The van der Waals surface area contributed by atoms with Crippen LogP contribution in [0.2, 0.25) is 0 Å². The third kappa shape index (κ3) is 2.98. The van der Waals surface area contributed by atoms with Crippen molar-refractivity contribution < 1.29 is 13.9 Å². The Balaban J connectivity index is 2.13. The molecule has 0 radical (unpaired) electrons. The summed E-state index contributed by atoms with van der Waals surface area (Å²) >= 11 is 0. The first kappa shape index (κ1) is 13.3. The Kier molecular flexibility index (Phi) is 3.94. The van der Waals surface area contributed by atoms with E-state index >= 15 is 0 Å². The van der Waals surface area contributed by atoms with E-state index in [9.17, 15) is 4.79 Å². The van der Waals surface area contributed by atoms with E-state index in [1.165, 1.54) is 0 Å². The van der Waals surface area contributed by atoms with Crippen molar-refractivity contribution in [2.45, 2.75) is 33.6 Å². The summed E-state index contributed by atoms with van der Waals surface area (Å²) in [6.45, 7) is 5.73. The summed E-state index contributed by atoms with van der Waals surface area (Å²) in [6, 6.07) is 0. The van der Waals surface area contributed by atoms with Gasteiger partial charge in [0.25, 0.3) is 0 Å². The van der Waals surface area contributed by atoms with Gasteiger partial charge in [-0.1, -0.05) is 6.92 Å². The van der Waals surface area contributed by atoms with Gasteiger partial charge in [-0.05, 0) is 13.8 Å². The van der Waals surface area contributed by atoms with E-state index in [1.807, 2.05) is 6.92 Å². The standard InChI is InChI=1S/C12H16N4O3/c1-4-8-14-9(16-15-8)6-10-13-7(3)11(19-10)12(17)18-5-2/h4-6H2,1-3H3,(H,14,15,16). The van der Waals surface area contributed by atoms with Crippen LogP contribution in [0.5, 0.6) is 0 Å². The first-order chi connectivity index (χ1) is 9.13. The Hall–Kier alpha value is -2.18. The lowest BCUT2D eigenvalue weighted by molar-refractivity contribution is 0.0487. The zero-order valence-electron chi connectivity index (χ0n) is 11.2. The van der Waals surface area contributed by atoms with Crippen LogP contribution in [0.1, 0.15) is 47.6 Å². The predicted molar refractivity (Wildman–Crippen MR) is 65.8 cm³/mol. The van der Waals surface area contributed by atoms with Crippen LogP contribution in [-0.4, -0.2) is 32.7 Å². The molecule has 19 heavy (non-hydrogen) atoms. The highest BCUT2D eigenvalue weighted by Gasteiger charge is 2.19. The number of ether oxygens (including phenoxy) is 1. The van der Waals surface area contributed by atoms with Crippen LogP contribution >= 0.6 is 0 Å². The van der Waals surface area contributed by atoms with E-state index in [2.05, 4.69) is 20.2 Å². The molecule has 0 saturated heterocycles. The van der Waals surface area contributed by atoms with E-state index in [0.29, 0.717) is 30.4 Å². The molecule has 7 nitrogen and oxygen atoms in total. The van der Waals surface area contributed by atoms with Crippen LogP contribution in [-0.2, 0) is 17.6 Å². The summed E-state index contributed by atoms with van der Waals surface area (Å²) in [6.07, 6.45) is 1.13. The average Bonchev–Trinajstić information content (AvgIpc) is 2.97. The summed E-state index contributed by atoms with van der Waals surface area (Å²) in [5.41, 5.74) is 0.514. The Labute approximate surface area is 110 Å². The minimum atomic E-state index is -0.497. The van der Waals surface area contributed by atoms with Crippen LogP contribution in [0.25, 0.3) is 0 Å². The largest absolute Gasteiger partial charge is 0.460 e. The topological polar surface area (TPSA) is 93.9 Å². The number of aromatic nitrogens is 4. The monoisotopic (exact) mass is 264 g/mol. The molecule has 102 valence electrons. The van der Waals surface area contributed by atoms with Gasteiger partial charge in [0, 0.05) is 6.42 Å². The third-order valence-corrected chi connectivity index (χ3v) is 2.52. The molecule has 2 heterocycles. The van der Waals surface area contributed by atoms with Crippen LogP contribution in [0.4, 0.5) is 0 Å². The van der Waals surface area contributed by atoms with E-state index in [4.69, 9.17) is 9.15 Å². The maximum Gasteiger partial charge on any atom is 0.376 e. The lowest BCUT2D eigenvalue weighted by Crippen LogP contribution is -2.04. The number of nitrogens with one attached hydrogen (secondary N) is 1. The predicted octanol–water partition coefficient (Wildman–Crippen LogP) is 1.43. The minimum Gasteiger partial charge on any atom is -0.460 e. The molecule has 0 bridgehead atoms. The lowest BCUT2D eigenvalue weighted by Gasteiger charge is -1.97. The summed E-state index contributed by atoms with van der Waals surface area (Å²) in [7, 11) is 0. The van der Waals surface area contributed by atoms with Crippen LogP contribution in [0, 0.1) is 6.92 Å². The fraction of sp³-hybridized carbons (Fsp3) is 0.500. The van der Waals surface area contributed by atoms with Gasteiger partial charge in [0.1, 0.15) is 5.82 Å². The number of oxazole rings is 1. The molecule has 2 rings (SSSR count). The second-order valence-electron chi connectivity index (χ2n) is 3.97. The van der Waals surface area contributed by atoms with Crippen molar-refractivity contribution in [1.82, 2.24) is 20.2 Å². The molecule has 0 aromatic carbocycles. The fourth-order valence-corrected chi connectivity index (χ4v) is 1.62. The van der Waals surface area contributed by atoms with Gasteiger partial charge in [0.05, 0.1) is 18.7 Å². The number of nitrogens with zero attached hydrogens (tertiary/aromatic N) is 3. The number of hydrogen-bond donors (Lipinski definition) is 1. The number of rotatable bonds is 5. The van der Waals surface area contributed by atoms with Gasteiger partial charge in [-0.3, -0.25) is 5.10 Å². The van der Waals surface area contributed by atoms with Crippen LogP contribution in [0.3, 0.4) is 0 Å². The fourth-order valence-electron chi connectivity index (χ4n) is 1.62. The maximum absolute atomic E-state index is 11.6. The average molecular weight is 264 g/mol. The van der Waals surface area contributed by atoms with Crippen molar-refractivity contribution >= 4 is 5.97 Å². The van der Waals surface area contributed by atoms with Crippen molar-refractivity contribution in [1.29, 1.82) is 0 Å². The van der Waals surface area contributed by atoms with Gasteiger partial charge in [0.15, 0.2) is 5.82 Å². The molecule has 0 unspecified atom stereocenters. The molecule has 0 aliphatic rings. The highest BCUT2D eigenvalue weighted by molar-refractivity contribution is 5.87. The number of aryl methyl sites for hydroxylation is 2. The molecule has 0 saturated carbocycles. The SMILES string of the molecule is CCOC(=O)c1oc(Cc2n[nH]c(CC)n2)nc1C. The van der Waals surface area contributed by atoms with Crippen molar-refractivity contribution in [2.75, 3.05) is 6.61 Å². The zero-order valence-corrected chi connectivity index (χ0v) is 11.2. The van der Waals surface area contributed by atoms with Crippen molar-refractivity contribution in [3.63, 3.8) is 0 Å². The van der Waals surface area contributed by atoms with Gasteiger partial charge in [0.2, 0.25) is 11.7 Å². The van der Waals surface area contributed by atoms with Crippen molar-refractivity contribution in [3.8, 4) is 0 Å². The molecule has 0 atom stereocenters. The summed E-state index contributed by atoms with van der Waals surface area (Å²) < 4.78 is 10.3. The molecule has 7 heteroatoms. The third-order valence-electron chi connectivity index (χ3n) is 2.52. The number of esters is 1. The highest BCUT2D eigenvalue weighted by atomic mass is 16.5. The normalized spacial score (nSPS) is 10.7. The first-order valence-electron chi connectivity index (χ1n) is 6.17. The van der Waals surface area contributed by atoms with Crippen molar-refractivity contribution in [2.24, 2.45) is 0 Å². The van der Waals surface area contributed by atoms with E-state index in [0.717, 1.165) is 12.2 Å². The summed E-state index contributed by atoms with van der Waals surface area (Å²) in [5.74, 6) is 1.45. The Bertz CT molecular complexity index is 573. The van der Waals surface area contributed by atoms with E-state index < -0.39 is 5.97 Å². The molecule has 0 spiro atoms. The highest BCUT2D eigenvalue weighted by Crippen LogP contribution is 2.14. The molecular formula is C12H16N4O3. The Morgan fingerprint density at radius 2 is 2.16 bits per heavy atom. The molecule has 0 amide bonds. The van der Waals surface area contributed by atoms with Crippen LogP contribution in [0.15, 0.2) is 4.42 Å². The van der Waals surface area contributed by atoms with E-state index in [1.54, 1.807) is 13.8 Å². The second kappa shape index (κ2) is 5.64. The summed E-state index contributed by atoms with van der Waals surface area (Å²) in [4.78, 5) is 20.0. The minimum absolute atomic E-state index is 0.142. The van der Waals surface area contributed by atoms with Crippen molar-refractivity contribution in [3.05, 3.63) is 29.0 Å². The number of carbonyl (C=O) groups is 1. The second-order valence-corrected chi connectivity index (χ2v) is 3.97. The quantitative estimate of drug-likeness (QED) is 0.821. The molecular weight excluding hydrogens is 248 g/mol. The molecule has 1 N–H and O–H groups in total. The number of aromatic amines is 1. The molecule has 0 fully saturated rings. The molecule has 2 aromatic rings. The lowest BCUT2D eigenvalue weighted by atomic mass is 10.4. The Morgan fingerprint density at radius 1 is 1.37 bits per heavy atom. The van der Waals surface area contributed by atoms with Gasteiger partial charge < -0.3 is 9.15 Å². The smallest absolute Gasteiger partial charge is 0.376 e. The maximum atomic E-state index is 11.6. The number of hydrogen-bond acceptors (Lipinski definition) is 6. The van der Waals surface area contributed by atoms with Gasteiger partial charge in [-0.15, -0.1) is 0 Å². The van der Waals surface area contributed by atoms with Gasteiger partial charge in [-0.25, -0.2) is 14.8 Å². The molecule has 0 aliphatic heterocycles. The van der Waals surface area contributed by atoms with Gasteiger partial charge in [-0.2, -0.15) is 5.10 Å². The molecule has 0 aliphatic carbocycles. The number of H-pyrrole nitrogens is 1. The van der Waals surface area contributed by atoms with Crippen LogP contribution < -0.4 is 0 Å². The zero-order chi connectivity index (χ0) is 13.8. The first-order valence-corrected chi connectivity index (χ1v) is 6.17. The van der Waals surface area contributed by atoms with Gasteiger partial charge >= 0.3 is 5.97 Å². The molecule has 2 aromatic heterocycles.